The Labute approximate surface area is 135 Å². The second-order valence-electron chi connectivity index (χ2n) is 4.31. The van der Waals surface area contributed by atoms with Crippen molar-refractivity contribution in [1.82, 2.24) is 9.97 Å². The van der Waals surface area contributed by atoms with E-state index in [9.17, 15) is 4.79 Å². The summed E-state index contributed by atoms with van der Waals surface area (Å²) in [7, 11) is 0. The van der Waals surface area contributed by atoms with Crippen LogP contribution in [0, 0.1) is 3.57 Å². The summed E-state index contributed by atoms with van der Waals surface area (Å²) in [5, 5.41) is 0. The van der Waals surface area contributed by atoms with Crippen LogP contribution in [0.5, 0.6) is 11.6 Å². The van der Waals surface area contributed by atoms with Gasteiger partial charge in [0.15, 0.2) is 0 Å². The molecule has 21 heavy (non-hydrogen) atoms. The Morgan fingerprint density at radius 1 is 0.952 bits per heavy atom. The Kier molecular flexibility index (Phi) is 4.01. The first kappa shape index (κ1) is 13.8. The molecule has 0 atom stereocenters. The van der Waals surface area contributed by atoms with Crippen LogP contribution in [0.3, 0.4) is 0 Å². The number of para-hydroxylation sites is 1. The summed E-state index contributed by atoms with van der Waals surface area (Å²) in [6.45, 7) is 0. The minimum atomic E-state index is -0.213. The summed E-state index contributed by atoms with van der Waals surface area (Å²) >= 11 is 1.94. The zero-order chi connectivity index (χ0) is 14.7. The third-order valence-electron chi connectivity index (χ3n) is 2.84. The first-order valence-electron chi connectivity index (χ1n) is 6.32. The summed E-state index contributed by atoms with van der Waals surface area (Å²) < 4.78 is 6.14. The van der Waals surface area contributed by atoms with Crippen LogP contribution >= 0.6 is 22.6 Å². The Bertz CT molecular complexity index is 802. The van der Waals surface area contributed by atoms with Crippen LogP contribution in [0.2, 0.25) is 0 Å². The average Bonchev–Trinajstić information content (AvgIpc) is 2.53. The lowest BCUT2D eigenvalue weighted by atomic mass is 10.2. The summed E-state index contributed by atoms with van der Waals surface area (Å²) in [5.74, 6) is 1.45. The highest BCUT2D eigenvalue weighted by Gasteiger charge is 2.12. The second kappa shape index (κ2) is 6.09. The Hall–Kier alpha value is -2.15. The molecule has 3 aromatic rings. The van der Waals surface area contributed by atoms with Gasteiger partial charge in [0.2, 0.25) is 5.88 Å². The third kappa shape index (κ3) is 3.13. The van der Waals surface area contributed by atoms with Gasteiger partial charge < -0.3 is 9.72 Å². The lowest BCUT2D eigenvalue weighted by Gasteiger charge is -2.08. The van der Waals surface area contributed by atoms with Gasteiger partial charge in [-0.1, -0.05) is 48.5 Å². The predicted molar refractivity (Wildman–Crippen MR) is 89.5 cm³/mol. The molecule has 2 aromatic carbocycles. The summed E-state index contributed by atoms with van der Waals surface area (Å²) in [4.78, 5) is 19.2. The van der Waals surface area contributed by atoms with Gasteiger partial charge in [0, 0.05) is 5.56 Å². The first-order valence-corrected chi connectivity index (χ1v) is 7.40. The van der Waals surface area contributed by atoms with Crippen molar-refractivity contribution in [3.8, 4) is 23.0 Å². The number of benzene rings is 2. The van der Waals surface area contributed by atoms with E-state index < -0.39 is 0 Å². The highest BCUT2D eigenvalue weighted by Crippen LogP contribution is 2.24. The second-order valence-corrected chi connectivity index (χ2v) is 5.39. The highest BCUT2D eigenvalue weighted by atomic mass is 127. The van der Waals surface area contributed by atoms with Gasteiger partial charge in [-0.25, -0.2) is 0 Å². The van der Waals surface area contributed by atoms with Crippen molar-refractivity contribution in [3.05, 3.63) is 74.6 Å². The predicted octanol–water partition coefficient (Wildman–Crippen LogP) is 3.83. The molecule has 104 valence electrons. The molecule has 5 heteroatoms. The summed E-state index contributed by atoms with van der Waals surface area (Å²) in [6.07, 6.45) is 0. The van der Waals surface area contributed by atoms with Crippen molar-refractivity contribution in [1.29, 1.82) is 0 Å². The monoisotopic (exact) mass is 390 g/mol. The number of halogens is 1. The molecule has 0 saturated carbocycles. The number of aromatic amines is 1. The molecule has 0 aliphatic carbocycles. The van der Waals surface area contributed by atoms with Gasteiger partial charge in [-0.05, 0) is 34.7 Å². The number of H-pyrrole nitrogens is 1. The first-order chi connectivity index (χ1) is 10.2. The average molecular weight is 390 g/mol. The van der Waals surface area contributed by atoms with Gasteiger partial charge in [0.1, 0.15) is 15.1 Å². The number of ether oxygens (including phenoxy) is 1. The topological polar surface area (TPSA) is 55.0 Å². The number of nitrogens with zero attached hydrogens (tertiary/aromatic N) is 1. The molecule has 0 amide bonds. The number of hydrogen-bond donors (Lipinski definition) is 1. The van der Waals surface area contributed by atoms with Crippen molar-refractivity contribution in [3.63, 3.8) is 0 Å². The van der Waals surface area contributed by atoms with Gasteiger partial charge in [0.25, 0.3) is 5.56 Å². The van der Waals surface area contributed by atoms with Crippen LogP contribution in [0.4, 0.5) is 0 Å². The molecular weight excluding hydrogens is 379 g/mol. The molecule has 3 rings (SSSR count). The lowest BCUT2D eigenvalue weighted by molar-refractivity contribution is 0.457. The number of aromatic nitrogens is 2. The van der Waals surface area contributed by atoms with E-state index in [4.69, 9.17) is 4.74 Å². The molecule has 0 aliphatic heterocycles. The molecule has 0 fully saturated rings. The Morgan fingerprint density at radius 3 is 2.24 bits per heavy atom. The van der Waals surface area contributed by atoms with Gasteiger partial charge in [0.05, 0.1) is 0 Å². The minimum Gasteiger partial charge on any atom is -0.438 e. The molecule has 1 aromatic heterocycles. The molecular formula is C16H11IN2O2. The van der Waals surface area contributed by atoms with Crippen molar-refractivity contribution in [2.24, 2.45) is 0 Å². The zero-order valence-corrected chi connectivity index (χ0v) is 13.1. The Morgan fingerprint density at radius 2 is 1.57 bits per heavy atom. The van der Waals surface area contributed by atoms with Crippen molar-refractivity contribution < 1.29 is 4.74 Å². The maximum absolute atomic E-state index is 12.0. The van der Waals surface area contributed by atoms with Crippen LogP contribution in [-0.2, 0) is 0 Å². The number of hydrogen-bond acceptors (Lipinski definition) is 3. The largest absolute Gasteiger partial charge is 0.438 e. The smallest absolute Gasteiger partial charge is 0.268 e. The molecule has 1 heterocycles. The molecule has 0 saturated heterocycles. The van der Waals surface area contributed by atoms with Gasteiger partial charge >= 0.3 is 0 Å². The molecule has 0 unspecified atom stereocenters. The van der Waals surface area contributed by atoms with E-state index >= 15 is 0 Å². The molecule has 0 radical (unpaired) electrons. The van der Waals surface area contributed by atoms with E-state index in [-0.39, 0.29) is 5.56 Å². The lowest BCUT2D eigenvalue weighted by Crippen LogP contribution is -2.14. The maximum atomic E-state index is 12.0. The van der Waals surface area contributed by atoms with E-state index in [0.29, 0.717) is 21.0 Å². The third-order valence-corrected chi connectivity index (χ3v) is 3.79. The fourth-order valence-corrected chi connectivity index (χ4v) is 2.20. The van der Waals surface area contributed by atoms with Crippen molar-refractivity contribution in [2.75, 3.05) is 0 Å². The van der Waals surface area contributed by atoms with Gasteiger partial charge in [-0.2, -0.15) is 4.98 Å². The summed E-state index contributed by atoms with van der Waals surface area (Å²) in [5.41, 5.74) is 0.624. The van der Waals surface area contributed by atoms with E-state index in [0.717, 1.165) is 5.56 Å². The van der Waals surface area contributed by atoms with E-state index in [1.54, 1.807) is 0 Å². The molecule has 0 aliphatic rings. The Balaban J connectivity index is 2.05. The molecule has 0 spiro atoms. The van der Waals surface area contributed by atoms with Crippen LogP contribution in [0.25, 0.3) is 11.4 Å². The molecule has 1 N–H and O–H groups in total. The number of rotatable bonds is 3. The van der Waals surface area contributed by atoms with Gasteiger partial charge in [-0.3, -0.25) is 4.79 Å². The van der Waals surface area contributed by atoms with Crippen LogP contribution in [0.1, 0.15) is 0 Å². The fraction of sp³-hybridized carbons (Fsp3) is 0. The summed E-state index contributed by atoms with van der Waals surface area (Å²) in [6, 6.07) is 18.8. The molecule has 4 nitrogen and oxygen atoms in total. The van der Waals surface area contributed by atoms with Crippen molar-refractivity contribution >= 4 is 22.6 Å². The van der Waals surface area contributed by atoms with Crippen LogP contribution in [-0.4, -0.2) is 9.97 Å². The quantitative estimate of drug-likeness (QED) is 0.692. The fourth-order valence-electron chi connectivity index (χ4n) is 1.84. The number of nitrogens with one attached hydrogen (secondary N) is 1. The SMILES string of the molecule is O=c1[nH]c(-c2ccccc2)nc(Oc2ccccc2)c1I. The standard InChI is InChI=1S/C16H11IN2O2/c17-13-15(20)18-14(11-7-3-1-4-8-11)19-16(13)21-12-9-5-2-6-10-12/h1-10H,(H,18,19,20). The van der Waals surface area contributed by atoms with Crippen LogP contribution in [0.15, 0.2) is 65.5 Å². The minimum absolute atomic E-state index is 0.213. The normalized spacial score (nSPS) is 10.3. The van der Waals surface area contributed by atoms with Crippen molar-refractivity contribution in [2.45, 2.75) is 0 Å². The highest BCUT2D eigenvalue weighted by molar-refractivity contribution is 14.1. The van der Waals surface area contributed by atoms with E-state index in [1.807, 2.05) is 83.3 Å². The zero-order valence-electron chi connectivity index (χ0n) is 10.9. The molecule has 0 bridgehead atoms. The van der Waals surface area contributed by atoms with E-state index in [2.05, 4.69) is 9.97 Å². The van der Waals surface area contributed by atoms with Crippen LogP contribution < -0.4 is 10.3 Å². The van der Waals surface area contributed by atoms with E-state index in [1.165, 1.54) is 0 Å². The van der Waals surface area contributed by atoms with Gasteiger partial charge in [-0.15, -0.1) is 0 Å². The maximum Gasteiger partial charge on any atom is 0.268 e.